The van der Waals surface area contributed by atoms with E-state index in [9.17, 15) is 14.4 Å². The fourth-order valence-electron chi connectivity index (χ4n) is 2.64. The molecule has 0 N–H and O–H groups in total. The van der Waals surface area contributed by atoms with Gasteiger partial charge < -0.3 is 4.57 Å². The number of aryl methyl sites for hydroxylation is 1. The number of benzene rings is 1. The Balaban J connectivity index is 2.16. The Bertz CT molecular complexity index is 953. The van der Waals surface area contributed by atoms with Gasteiger partial charge in [-0.2, -0.15) is 0 Å². The number of aromatic nitrogens is 2. The Morgan fingerprint density at radius 1 is 1.13 bits per heavy atom. The lowest BCUT2D eigenvalue weighted by Gasteiger charge is -2.23. The molecular weight excluding hydrogens is 312 g/mol. The van der Waals surface area contributed by atoms with Crippen LogP contribution in [0.3, 0.4) is 0 Å². The number of Topliss-reactive ketones (excluding diaryl/α,β-unsaturated/α-hetero) is 1. The zero-order valence-electron chi connectivity index (χ0n) is 13.1. The highest BCUT2D eigenvalue weighted by Gasteiger charge is 2.28. The van der Waals surface area contributed by atoms with Gasteiger partial charge in [0.15, 0.2) is 5.78 Å². The normalized spacial score (nSPS) is 19.0. The molecule has 2 heterocycles. The molecular formula is C17H16N2O3S. The van der Waals surface area contributed by atoms with Crippen LogP contribution in [0.25, 0.3) is 6.08 Å². The van der Waals surface area contributed by atoms with Crippen molar-refractivity contribution in [3.05, 3.63) is 68.0 Å². The van der Waals surface area contributed by atoms with Gasteiger partial charge in [-0.05, 0) is 25.1 Å². The van der Waals surface area contributed by atoms with Crippen molar-refractivity contribution < 1.29 is 4.79 Å². The van der Waals surface area contributed by atoms with E-state index in [1.807, 2.05) is 25.1 Å². The number of carbonyl (C=O) groups excluding carboxylic acids is 1. The number of rotatable bonds is 1. The van der Waals surface area contributed by atoms with Crippen LogP contribution in [-0.4, -0.2) is 20.2 Å². The number of hydrogen-bond donors (Lipinski definition) is 0. The molecule has 1 atom stereocenters. The number of thioether (sulfide) groups is 1. The number of ketones is 1. The van der Waals surface area contributed by atoms with Crippen LogP contribution in [0, 0.1) is 0 Å². The predicted molar refractivity (Wildman–Crippen MR) is 91.0 cm³/mol. The SMILES string of the molecule is CC1Sc2ccccc2C(=O)/C1=C/c1cn(C)c(=O)n(C)c1=O. The van der Waals surface area contributed by atoms with Crippen LogP contribution < -0.4 is 11.2 Å². The van der Waals surface area contributed by atoms with Gasteiger partial charge in [-0.1, -0.05) is 12.1 Å². The molecule has 5 nitrogen and oxygen atoms in total. The van der Waals surface area contributed by atoms with Gasteiger partial charge in [0.05, 0.1) is 5.56 Å². The first kappa shape index (κ1) is 15.6. The van der Waals surface area contributed by atoms with Crippen LogP contribution in [-0.2, 0) is 14.1 Å². The van der Waals surface area contributed by atoms with Crippen molar-refractivity contribution in [2.75, 3.05) is 0 Å². The minimum absolute atomic E-state index is 0.0562. The van der Waals surface area contributed by atoms with E-state index in [1.165, 1.54) is 17.8 Å². The first-order valence-electron chi connectivity index (χ1n) is 7.19. The molecule has 0 saturated heterocycles. The van der Waals surface area contributed by atoms with Crippen molar-refractivity contribution in [1.29, 1.82) is 0 Å². The standard InChI is InChI=1S/C17H16N2O3S/c1-10-13(15(20)12-6-4-5-7-14(12)23-10)8-11-9-18(2)17(22)19(3)16(11)21/h4-10H,1-3H3/b13-8+. The highest BCUT2D eigenvalue weighted by molar-refractivity contribution is 8.00. The fourth-order valence-corrected chi connectivity index (χ4v) is 3.76. The second-order valence-electron chi connectivity index (χ2n) is 5.53. The predicted octanol–water partition coefficient (Wildman–Crippen LogP) is 1.84. The first-order valence-corrected chi connectivity index (χ1v) is 8.06. The summed E-state index contributed by atoms with van der Waals surface area (Å²) in [5.74, 6) is -0.0669. The molecule has 1 aromatic carbocycles. The van der Waals surface area contributed by atoms with Crippen molar-refractivity contribution in [2.45, 2.75) is 17.1 Å². The lowest BCUT2D eigenvalue weighted by Crippen LogP contribution is -2.37. The van der Waals surface area contributed by atoms with E-state index < -0.39 is 5.56 Å². The Labute approximate surface area is 137 Å². The van der Waals surface area contributed by atoms with E-state index in [1.54, 1.807) is 31.0 Å². The molecule has 23 heavy (non-hydrogen) atoms. The lowest BCUT2D eigenvalue weighted by molar-refractivity contribution is 0.102. The molecule has 0 saturated carbocycles. The minimum Gasteiger partial charge on any atom is -0.303 e. The summed E-state index contributed by atoms with van der Waals surface area (Å²) in [4.78, 5) is 37.7. The Hall–Kier alpha value is -2.34. The molecule has 6 heteroatoms. The first-order chi connectivity index (χ1) is 10.9. The van der Waals surface area contributed by atoms with E-state index in [0.29, 0.717) is 16.7 Å². The molecule has 0 spiro atoms. The average Bonchev–Trinajstić information content (AvgIpc) is 2.54. The third kappa shape index (κ3) is 2.59. The van der Waals surface area contributed by atoms with Gasteiger partial charge >= 0.3 is 5.69 Å². The summed E-state index contributed by atoms with van der Waals surface area (Å²) >= 11 is 1.59. The van der Waals surface area contributed by atoms with Crippen LogP contribution in [0.4, 0.5) is 0 Å². The quantitative estimate of drug-likeness (QED) is 0.750. The van der Waals surface area contributed by atoms with Gasteiger partial charge in [-0.25, -0.2) is 4.79 Å². The zero-order chi connectivity index (χ0) is 16.7. The van der Waals surface area contributed by atoms with Gasteiger partial charge in [-0.3, -0.25) is 14.2 Å². The van der Waals surface area contributed by atoms with Gasteiger partial charge in [0, 0.05) is 41.6 Å². The summed E-state index contributed by atoms with van der Waals surface area (Å²) in [6, 6.07) is 7.46. The monoisotopic (exact) mass is 328 g/mol. The zero-order valence-corrected chi connectivity index (χ0v) is 13.9. The molecule has 1 unspecified atom stereocenters. The van der Waals surface area contributed by atoms with E-state index in [0.717, 1.165) is 9.46 Å². The molecule has 1 aliphatic heterocycles. The molecule has 0 radical (unpaired) electrons. The summed E-state index contributed by atoms with van der Waals surface area (Å²) in [6.07, 6.45) is 3.08. The summed E-state index contributed by atoms with van der Waals surface area (Å²) in [5, 5.41) is -0.0562. The molecule has 1 aliphatic rings. The molecule has 118 valence electrons. The average molecular weight is 328 g/mol. The maximum atomic E-state index is 12.7. The van der Waals surface area contributed by atoms with Crippen LogP contribution in [0.1, 0.15) is 22.8 Å². The Morgan fingerprint density at radius 3 is 2.57 bits per heavy atom. The molecule has 0 aliphatic carbocycles. The van der Waals surface area contributed by atoms with E-state index >= 15 is 0 Å². The summed E-state index contributed by atoms with van der Waals surface area (Å²) in [6.45, 7) is 1.94. The fraction of sp³-hybridized carbons (Fsp3) is 0.235. The van der Waals surface area contributed by atoms with Gasteiger partial charge in [0.2, 0.25) is 0 Å². The van der Waals surface area contributed by atoms with Crippen molar-refractivity contribution in [3.8, 4) is 0 Å². The Kier molecular flexibility index (Phi) is 3.85. The molecule has 1 aromatic heterocycles. The number of carbonyl (C=O) groups is 1. The molecule has 0 fully saturated rings. The van der Waals surface area contributed by atoms with Crippen molar-refractivity contribution in [3.63, 3.8) is 0 Å². The number of hydrogen-bond acceptors (Lipinski definition) is 4. The van der Waals surface area contributed by atoms with Gasteiger partial charge in [0.25, 0.3) is 5.56 Å². The van der Waals surface area contributed by atoms with Crippen LogP contribution in [0.5, 0.6) is 0 Å². The highest BCUT2D eigenvalue weighted by atomic mass is 32.2. The van der Waals surface area contributed by atoms with Crippen molar-refractivity contribution in [1.82, 2.24) is 9.13 Å². The van der Waals surface area contributed by atoms with E-state index in [2.05, 4.69) is 0 Å². The summed E-state index contributed by atoms with van der Waals surface area (Å²) < 4.78 is 2.39. The molecule has 2 aromatic rings. The third-order valence-corrected chi connectivity index (χ3v) is 5.14. The van der Waals surface area contributed by atoms with E-state index in [4.69, 9.17) is 0 Å². The van der Waals surface area contributed by atoms with E-state index in [-0.39, 0.29) is 16.7 Å². The topological polar surface area (TPSA) is 61.1 Å². The molecule has 0 amide bonds. The largest absolute Gasteiger partial charge is 0.330 e. The second kappa shape index (κ2) is 5.70. The maximum absolute atomic E-state index is 12.7. The summed E-state index contributed by atoms with van der Waals surface area (Å²) in [7, 11) is 3.02. The van der Waals surface area contributed by atoms with Gasteiger partial charge in [-0.15, -0.1) is 11.8 Å². The van der Waals surface area contributed by atoms with Crippen molar-refractivity contribution in [2.24, 2.45) is 14.1 Å². The maximum Gasteiger partial charge on any atom is 0.330 e. The second-order valence-corrected chi connectivity index (χ2v) is 6.91. The lowest BCUT2D eigenvalue weighted by atomic mass is 9.98. The Morgan fingerprint density at radius 2 is 1.83 bits per heavy atom. The van der Waals surface area contributed by atoms with Gasteiger partial charge in [0.1, 0.15) is 0 Å². The van der Waals surface area contributed by atoms with Crippen molar-refractivity contribution >= 4 is 23.6 Å². The summed E-state index contributed by atoms with van der Waals surface area (Å²) in [5.41, 5.74) is 0.780. The van der Waals surface area contributed by atoms with Crippen LogP contribution >= 0.6 is 11.8 Å². The molecule has 3 rings (SSSR count). The number of nitrogens with zero attached hydrogens (tertiary/aromatic N) is 2. The molecule has 0 bridgehead atoms. The third-order valence-electron chi connectivity index (χ3n) is 3.92. The van der Waals surface area contributed by atoms with Crippen LogP contribution in [0.15, 0.2) is 50.5 Å². The number of fused-ring (bicyclic) bond motifs is 1. The minimum atomic E-state index is -0.399. The smallest absolute Gasteiger partial charge is 0.303 e. The highest BCUT2D eigenvalue weighted by Crippen LogP contribution is 2.38. The van der Waals surface area contributed by atoms with Crippen LogP contribution in [0.2, 0.25) is 0 Å².